The predicted molar refractivity (Wildman–Crippen MR) is 86.3 cm³/mol. The molecule has 1 saturated heterocycles. The molecule has 3 aliphatic heterocycles. The average molecular weight is 299 g/mol. The van der Waals surface area contributed by atoms with E-state index in [1.165, 1.54) is 29.6 Å². The second kappa shape index (κ2) is 5.02. The molecule has 5 heteroatoms. The lowest BCUT2D eigenvalue weighted by atomic mass is 9.84. The number of rotatable bonds is 4. The number of anilines is 1. The number of carboxylic acids is 1. The van der Waals surface area contributed by atoms with Crippen LogP contribution in [0.2, 0.25) is 0 Å². The molecular formula is C17H21N3O2. The molecule has 0 radical (unpaired) electrons. The zero-order valence-electron chi connectivity index (χ0n) is 12.5. The van der Waals surface area contributed by atoms with Crippen molar-refractivity contribution < 1.29 is 9.90 Å². The molecule has 2 aromatic rings. The van der Waals surface area contributed by atoms with Crippen LogP contribution in [0.1, 0.15) is 48.8 Å². The van der Waals surface area contributed by atoms with E-state index in [1.54, 1.807) is 0 Å². The summed E-state index contributed by atoms with van der Waals surface area (Å²) in [7, 11) is 0. The predicted octanol–water partition coefficient (Wildman–Crippen LogP) is 2.73. The Bertz CT molecular complexity index is 729. The molecule has 1 aromatic heterocycles. The monoisotopic (exact) mass is 299 g/mol. The van der Waals surface area contributed by atoms with Crippen molar-refractivity contribution in [3.8, 4) is 0 Å². The van der Waals surface area contributed by atoms with Gasteiger partial charge in [0.25, 0.3) is 0 Å². The maximum Gasteiger partial charge on any atom is 0.303 e. The van der Waals surface area contributed by atoms with Gasteiger partial charge in [-0.2, -0.15) is 0 Å². The molecule has 4 N–H and O–H groups in total. The number of nitrogens with one attached hydrogen (secondary N) is 1. The molecule has 5 nitrogen and oxygen atoms in total. The molecule has 116 valence electrons. The Balaban J connectivity index is 1.78. The van der Waals surface area contributed by atoms with Gasteiger partial charge in [0.15, 0.2) is 0 Å². The zero-order chi connectivity index (χ0) is 15.3. The molecule has 0 amide bonds. The number of aromatic amines is 1. The van der Waals surface area contributed by atoms with E-state index in [0.29, 0.717) is 12.3 Å². The second-order valence-corrected chi connectivity index (χ2v) is 6.46. The molecule has 2 bridgehead atoms. The maximum absolute atomic E-state index is 10.8. The lowest BCUT2D eigenvalue weighted by molar-refractivity contribution is -0.137. The first kappa shape index (κ1) is 13.6. The van der Waals surface area contributed by atoms with Gasteiger partial charge in [0.1, 0.15) is 5.82 Å². The molecule has 0 spiro atoms. The third kappa shape index (κ3) is 2.00. The van der Waals surface area contributed by atoms with Crippen LogP contribution in [0.4, 0.5) is 5.82 Å². The van der Waals surface area contributed by atoms with Gasteiger partial charge in [-0.05, 0) is 30.7 Å². The van der Waals surface area contributed by atoms with Crippen LogP contribution in [0.15, 0.2) is 18.2 Å². The number of benzene rings is 1. The van der Waals surface area contributed by atoms with Gasteiger partial charge in [-0.3, -0.25) is 4.79 Å². The quantitative estimate of drug-likeness (QED) is 0.810. The van der Waals surface area contributed by atoms with Crippen molar-refractivity contribution in [3.05, 3.63) is 29.3 Å². The highest BCUT2D eigenvalue weighted by molar-refractivity contribution is 5.93. The van der Waals surface area contributed by atoms with Crippen LogP contribution in [-0.2, 0) is 4.79 Å². The number of nitrogens with two attached hydrogens (primary N) is 1. The Morgan fingerprint density at radius 2 is 2.18 bits per heavy atom. The number of carboxylic acid groups (broad SMARTS) is 1. The number of piperidine rings is 1. The number of H-pyrrole nitrogens is 1. The molecular weight excluding hydrogens is 278 g/mol. The Hall–Kier alpha value is -2.01. The standard InChI is InChI=1S/C17H21N3O2/c18-13(4-5-14(21)22)11-2-1-3-12-15-10-6-8-20(9-7-10)17(15)19-16(11)12/h1-3,10,13,19H,4-9,18H2,(H,21,22). The fraction of sp³-hybridized carbons (Fsp3) is 0.471. The molecule has 5 rings (SSSR count). The summed E-state index contributed by atoms with van der Waals surface area (Å²) in [6.45, 7) is 2.26. The highest BCUT2D eigenvalue weighted by Gasteiger charge is 2.34. The van der Waals surface area contributed by atoms with Crippen molar-refractivity contribution in [2.75, 3.05) is 18.0 Å². The smallest absolute Gasteiger partial charge is 0.303 e. The minimum absolute atomic E-state index is 0.104. The number of para-hydroxylation sites is 1. The number of aromatic nitrogens is 1. The molecule has 1 aromatic carbocycles. The van der Waals surface area contributed by atoms with Crippen molar-refractivity contribution >= 4 is 22.7 Å². The summed E-state index contributed by atoms with van der Waals surface area (Å²) in [6, 6.07) is 5.99. The lowest BCUT2D eigenvalue weighted by Crippen LogP contribution is -2.38. The van der Waals surface area contributed by atoms with Crippen LogP contribution in [0, 0.1) is 0 Å². The summed E-state index contributed by atoms with van der Waals surface area (Å²) >= 11 is 0. The van der Waals surface area contributed by atoms with Gasteiger partial charge in [-0.25, -0.2) is 0 Å². The maximum atomic E-state index is 10.8. The van der Waals surface area contributed by atoms with Gasteiger partial charge >= 0.3 is 5.97 Å². The average Bonchev–Trinajstić information content (AvgIpc) is 2.95. The molecule has 1 fully saturated rings. The van der Waals surface area contributed by atoms with Gasteiger partial charge in [0.2, 0.25) is 0 Å². The van der Waals surface area contributed by atoms with E-state index < -0.39 is 5.97 Å². The molecule has 1 unspecified atom stereocenters. The fourth-order valence-corrected chi connectivity index (χ4v) is 4.05. The molecule has 0 aliphatic carbocycles. The summed E-state index contributed by atoms with van der Waals surface area (Å²) in [5.74, 6) is 1.12. The second-order valence-electron chi connectivity index (χ2n) is 6.46. The molecule has 4 heterocycles. The zero-order valence-corrected chi connectivity index (χ0v) is 12.5. The molecule has 3 aliphatic rings. The Morgan fingerprint density at radius 3 is 2.91 bits per heavy atom. The largest absolute Gasteiger partial charge is 0.481 e. The van der Waals surface area contributed by atoms with Gasteiger partial charge in [0, 0.05) is 36.5 Å². The fourth-order valence-electron chi connectivity index (χ4n) is 4.05. The molecule has 1 atom stereocenters. The third-order valence-corrected chi connectivity index (χ3v) is 5.17. The summed E-state index contributed by atoms with van der Waals surface area (Å²) < 4.78 is 0. The van der Waals surface area contributed by atoms with Crippen LogP contribution in [0.5, 0.6) is 0 Å². The third-order valence-electron chi connectivity index (χ3n) is 5.17. The van der Waals surface area contributed by atoms with E-state index in [2.05, 4.69) is 16.0 Å². The normalized spacial score (nSPS) is 18.7. The van der Waals surface area contributed by atoms with Crippen molar-refractivity contribution in [2.45, 2.75) is 37.6 Å². The summed E-state index contributed by atoms with van der Waals surface area (Å²) in [6.07, 6.45) is 3.03. The number of hydrogen-bond donors (Lipinski definition) is 3. The van der Waals surface area contributed by atoms with Gasteiger partial charge in [-0.15, -0.1) is 0 Å². The van der Waals surface area contributed by atoms with E-state index in [0.717, 1.165) is 24.2 Å². The first-order chi connectivity index (χ1) is 10.6. The van der Waals surface area contributed by atoms with Crippen molar-refractivity contribution in [1.82, 2.24) is 4.98 Å². The van der Waals surface area contributed by atoms with Crippen LogP contribution in [0.3, 0.4) is 0 Å². The number of carbonyl (C=O) groups is 1. The molecule has 22 heavy (non-hydrogen) atoms. The van der Waals surface area contributed by atoms with E-state index >= 15 is 0 Å². The Morgan fingerprint density at radius 1 is 1.41 bits per heavy atom. The SMILES string of the molecule is NC(CCC(=O)O)c1cccc2c3c([nH]c12)N1CCC3CC1. The van der Waals surface area contributed by atoms with E-state index in [-0.39, 0.29) is 12.5 Å². The Kier molecular flexibility index (Phi) is 3.11. The van der Waals surface area contributed by atoms with Crippen molar-refractivity contribution in [3.63, 3.8) is 0 Å². The van der Waals surface area contributed by atoms with Crippen molar-refractivity contribution in [2.24, 2.45) is 5.73 Å². The van der Waals surface area contributed by atoms with Crippen LogP contribution in [-0.4, -0.2) is 29.1 Å². The van der Waals surface area contributed by atoms with Gasteiger partial charge in [-0.1, -0.05) is 18.2 Å². The van der Waals surface area contributed by atoms with Crippen LogP contribution in [0.25, 0.3) is 10.9 Å². The highest BCUT2D eigenvalue weighted by Crippen LogP contribution is 2.46. The van der Waals surface area contributed by atoms with E-state index in [4.69, 9.17) is 10.8 Å². The van der Waals surface area contributed by atoms with Crippen molar-refractivity contribution in [1.29, 1.82) is 0 Å². The topological polar surface area (TPSA) is 82.4 Å². The van der Waals surface area contributed by atoms with E-state index in [9.17, 15) is 4.79 Å². The van der Waals surface area contributed by atoms with Crippen LogP contribution < -0.4 is 10.6 Å². The summed E-state index contributed by atoms with van der Waals surface area (Å²) in [5, 5.41) is 10.1. The lowest BCUT2D eigenvalue weighted by Gasteiger charge is -2.40. The van der Waals surface area contributed by atoms with E-state index in [1.807, 2.05) is 12.1 Å². The number of fused-ring (bicyclic) bond motifs is 3. The summed E-state index contributed by atoms with van der Waals surface area (Å²) in [5.41, 5.74) is 9.84. The minimum atomic E-state index is -0.794. The first-order valence-corrected chi connectivity index (χ1v) is 8.02. The number of aliphatic carboxylic acids is 1. The van der Waals surface area contributed by atoms with Gasteiger partial charge in [0.05, 0.1) is 5.52 Å². The molecule has 0 saturated carbocycles. The van der Waals surface area contributed by atoms with Gasteiger partial charge < -0.3 is 20.7 Å². The summed E-state index contributed by atoms with van der Waals surface area (Å²) in [4.78, 5) is 16.8. The highest BCUT2D eigenvalue weighted by atomic mass is 16.4. The number of hydrogen-bond acceptors (Lipinski definition) is 3. The first-order valence-electron chi connectivity index (χ1n) is 8.02. The van der Waals surface area contributed by atoms with Crippen LogP contribution >= 0.6 is 0 Å². The Labute approximate surface area is 129 Å². The minimum Gasteiger partial charge on any atom is -0.481 e. The number of nitrogens with zero attached hydrogens (tertiary/aromatic N) is 1.